The van der Waals surface area contributed by atoms with E-state index in [-0.39, 0.29) is 0 Å². The van der Waals surface area contributed by atoms with Crippen molar-refractivity contribution in [2.24, 2.45) is 0 Å². The number of aromatic amines is 1. The minimum absolute atomic E-state index is 0.703. The summed E-state index contributed by atoms with van der Waals surface area (Å²) in [6, 6.07) is 17.9. The second kappa shape index (κ2) is 8.73. The number of methoxy groups -OCH3 is 1. The molecule has 4 heteroatoms. The van der Waals surface area contributed by atoms with Crippen molar-refractivity contribution < 1.29 is 4.74 Å². The standard InChI is InChI=1S/C26H33N3O/c1-30-26-10-5-4-9-25(26)29-16-6-15-28(17-18-29)21-13-11-20(12-14-21)23-19-27-24-8-3-2-7-22(23)24/h2-5,7-10,19-21,27H,6,11-18H2,1H3. The molecule has 2 aliphatic rings. The van der Waals surface area contributed by atoms with Crippen LogP contribution in [-0.4, -0.2) is 49.2 Å². The van der Waals surface area contributed by atoms with Crippen molar-refractivity contribution >= 4 is 16.6 Å². The Morgan fingerprint density at radius 3 is 2.53 bits per heavy atom. The number of H-pyrrole nitrogens is 1. The number of nitrogens with one attached hydrogen (secondary N) is 1. The number of para-hydroxylation sites is 3. The van der Waals surface area contributed by atoms with Gasteiger partial charge in [-0.25, -0.2) is 0 Å². The first-order chi connectivity index (χ1) is 14.8. The van der Waals surface area contributed by atoms with Gasteiger partial charge in [-0.15, -0.1) is 0 Å². The van der Waals surface area contributed by atoms with Crippen LogP contribution in [0.3, 0.4) is 0 Å². The minimum atomic E-state index is 0.703. The Balaban J connectivity index is 1.21. The van der Waals surface area contributed by atoms with Crippen LogP contribution < -0.4 is 9.64 Å². The molecular weight excluding hydrogens is 370 g/mol. The molecule has 4 nitrogen and oxygen atoms in total. The summed E-state index contributed by atoms with van der Waals surface area (Å²) < 4.78 is 5.60. The lowest BCUT2D eigenvalue weighted by atomic mass is 9.81. The number of aromatic nitrogens is 1. The minimum Gasteiger partial charge on any atom is -0.495 e. The molecule has 0 spiro atoms. The highest BCUT2D eigenvalue weighted by atomic mass is 16.5. The SMILES string of the molecule is COc1ccccc1N1CCCN(C2CCC(c3c[nH]c4ccccc34)CC2)CC1. The highest BCUT2D eigenvalue weighted by molar-refractivity contribution is 5.83. The van der Waals surface area contributed by atoms with E-state index in [0.29, 0.717) is 5.92 Å². The second-order valence-corrected chi connectivity index (χ2v) is 8.84. The lowest BCUT2D eigenvalue weighted by molar-refractivity contribution is 0.159. The molecular formula is C26H33N3O. The average Bonchev–Trinajstić information content (AvgIpc) is 3.08. The van der Waals surface area contributed by atoms with Gasteiger partial charge in [0.1, 0.15) is 5.75 Å². The van der Waals surface area contributed by atoms with Crippen molar-refractivity contribution in [1.29, 1.82) is 0 Å². The molecule has 1 saturated heterocycles. The highest BCUT2D eigenvalue weighted by Gasteiger charge is 2.29. The van der Waals surface area contributed by atoms with Crippen molar-refractivity contribution in [2.75, 3.05) is 38.2 Å². The van der Waals surface area contributed by atoms with Gasteiger partial charge in [0.2, 0.25) is 0 Å². The fourth-order valence-electron chi connectivity index (χ4n) is 5.62. The molecule has 5 rings (SSSR count). The Labute approximate surface area is 179 Å². The number of hydrogen-bond donors (Lipinski definition) is 1. The maximum atomic E-state index is 5.60. The third-order valence-electron chi connectivity index (χ3n) is 7.23. The monoisotopic (exact) mass is 403 g/mol. The van der Waals surface area contributed by atoms with E-state index in [0.717, 1.165) is 31.4 Å². The Hall–Kier alpha value is -2.46. The lowest BCUT2D eigenvalue weighted by Crippen LogP contribution is -2.40. The number of hydrogen-bond acceptors (Lipinski definition) is 3. The predicted molar refractivity (Wildman–Crippen MR) is 125 cm³/mol. The molecule has 2 fully saturated rings. The number of ether oxygens (including phenoxy) is 1. The largest absolute Gasteiger partial charge is 0.495 e. The van der Waals surface area contributed by atoms with Gasteiger partial charge in [0.25, 0.3) is 0 Å². The molecule has 30 heavy (non-hydrogen) atoms. The van der Waals surface area contributed by atoms with Crippen LogP contribution in [0.2, 0.25) is 0 Å². The predicted octanol–water partition coefficient (Wildman–Crippen LogP) is 5.42. The Morgan fingerprint density at radius 2 is 1.67 bits per heavy atom. The maximum Gasteiger partial charge on any atom is 0.142 e. The van der Waals surface area contributed by atoms with Gasteiger partial charge in [-0.3, -0.25) is 4.90 Å². The molecule has 0 bridgehead atoms. The van der Waals surface area contributed by atoms with Crippen LogP contribution in [0, 0.1) is 0 Å². The second-order valence-electron chi connectivity index (χ2n) is 8.84. The summed E-state index contributed by atoms with van der Waals surface area (Å²) in [5, 5.41) is 1.42. The summed E-state index contributed by atoms with van der Waals surface area (Å²) in [4.78, 5) is 8.75. The van der Waals surface area contributed by atoms with Gasteiger partial charge in [-0.1, -0.05) is 30.3 Å². The quantitative estimate of drug-likeness (QED) is 0.632. The third-order valence-corrected chi connectivity index (χ3v) is 7.23. The van der Waals surface area contributed by atoms with Gasteiger partial charge in [-0.05, 0) is 61.8 Å². The summed E-state index contributed by atoms with van der Waals surface area (Å²) >= 11 is 0. The fourth-order valence-corrected chi connectivity index (χ4v) is 5.62. The first kappa shape index (κ1) is 19.5. The van der Waals surface area contributed by atoms with Gasteiger partial charge in [-0.2, -0.15) is 0 Å². The molecule has 3 aromatic rings. The van der Waals surface area contributed by atoms with Crippen molar-refractivity contribution in [1.82, 2.24) is 9.88 Å². The van der Waals surface area contributed by atoms with Crippen LogP contribution in [0.5, 0.6) is 5.75 Å². The number of anilines is 1. The van der Waals surface area contributed by atoms with Crippen molar-refractivity contribution in [3.8, 4) is 5.75 Å². The smallest absolute Gasteiger partial charge is 0.142 e. The van der Waals surface area contributed by atoms with E-state index in [2.05, 4.69) is 69.5 Å². The molecule has 0 amide bonds. The van der Waals surface area contributed by atoms with E-state index in [1.54, 1.807) is 7.11 Å². The zero-order valence-corrected chi connectivity index (χ0v) is 18.0. The Bertz CT molecular complexity index is 973. The van der Waals surface area contributed by atoms with Crippen LogP contribution in [0.1, 0.15) is 43.6 Å². The number of benzene rings is 2. The van der Waals surface area contributed by atoms with Crippen LogP contribution in [0.25, 0.3) is 10.9 Å². The Kier molecular flexibility index (Phi) is 5.67. The van der Waals surface area contributed by atoms with Crippen molar-refractivity contribution in [3.63, 3.8) is 0 Å². The molecule has 1 aliphatic heterocycles. The van der Waals surface area contributed by atoms with E-state index < -0.39 is 0 Å². The maximum absolute atomic E-state index is 5.60. The van der Waals surface area contributed by atoms with Crippen LogP contribution in [0.15, 0.2) is 54.7 Å². The van der Waals surface area contributed by atoms with E-state index >= 15 is 0 Å². The molecule has 0 radical (unpaired) electrons. The van der Waals surface area contributed by atoms with Crippen LogP contribution >= 0.6 is 0 Å². The molecule has 0 atom stereocenters. The zero-order valence-electron chi connectivity index (χ0n) is 18.0. The van der Waals surface area contributed by atoms with Crippen molar-refractivity contribution in [2.45, 2.75) is 44.1 Å². The summed E-state index contributed by atoms with van der Waals surface area (Å²) in [5.41, 5.74) is 4.05. The molecule has 158 valence electrons. The molecule has 1 aromatic heterocycles. The Morgan fingerprint density at radius 1 is 0.867 bits per heavy atom. The number of nitrogens with zero attached hydrogens (tertiary/aromatic N) is 2. The van der Waals surface area contributed by atoms with Gasteiger partial charge in [0.05, 0.1) is 12.8 Å². The number of fused-ring (bicyclic) bond motifs is 1. The summed E-state index contributed by atoms with van der Waals surface area (Å²) in [5.74, 6) is 1.69. The number of rotatable bonds is 4. The fraction of sp³-hybridized carbons (Fsp3) is 0.462. The van der Waals surface area contributed by atoms with Gasteiger partial charge in [0.15, 0.2) is 0 Å². The molecule has 2 heterocycles. The van der Waals surface area contributed by atoms with E-state index in [1.807, 2.05) is 0 Å². The van der Waals surface area contributed by atoms with E-state index in [1.165, 1.54) is 60.8 Å². The van der Waals surface area contributed by atoms with Crippen LogP contribution in [0.4, 0.5) is 5.69 Å². The van der Waals surface area contributed by atoms with Gasteiger partial charge in [0, 0.05) is 49.3 Å². The summed E-state index contributed by atoms with van der Waals surface area (Å²) in [6.45, 7) is 4.57. The highest BCUT2D eigenvalue weighted by Crippen LogP contribution is 2.38. The van der Waals surface area contributed by atoms with E-state index in [4.69, 9.17) is 4.74 Å². The third kappa shape index (κ3) is 3.81. The van der Waals surface area contributed by atoms with Gasteiger partial charge >= 0.3 is 0 Å². The molecule has 1 saturated carbocycles. The summed E-state index contributed by atoms with van der Waals surface area (Å²) in [7, 11) is 1.77. The molecule has 2 aromatic carbocycles. The summed E-state index contributed by atoms with van der Waals surface area (Å²) in [6.07, 6.45) is 8.73. The first-order valence-electron chi connectivity index (χ1n) is 11.5. The van der Waals surface area contributed by atoms with Gasteiger partial charge < -0.3 is 14.6 Å². The average molecular weight is 404 g/mol. The molecule has 0 unspecified atom stereocenters. The zero-order chi connectivity index (χ0) is 20.3. The molecule has 1 aliphatic carbocycles. The normalized spacial score (nSPS) is 23.4. The molecule has 1 N–H and O–H groups in total. The lowest BCUT2D eigenvalue weighted by Gasteiger charge is -2.36. The van der Waals surface area contributed by atoms with E-state index in [9.17, 15) is 0 Å². The first-order valence-corrected chi connectivity index (χ1v) is 11.5. The van der Waals surface area contributed by atoms with Crippen molar-refractivity contribution in [3.05, 3.63) is 60.3 Å². The van der Waals surface area contributed by atoms with Crippen LogP contribution in [-0.2, 0) is 0 Å². The topological polar surface area (TPSA) is 31.5 Å².